The lowest BCUT2D eigenvalue weighted by atomic mass is 10.0. The number of fused-ring (bicyclic) bond motifs is 2. The number of H-pyrrole nitrogens is 1. The van der Waals surface area contributed by atoms with Crippen molar-refractivity contribution in [3.8, 4) is 40.0 Å². The van der Waals surface area contributed by atoms with Gasteiger partial charge in [-0.05, 0) is 30.9 Å². The molecule has 5 aromatic heterocycles. The second-order valence-electron chi connectivity index (χ2n) is 11.0. The fraction of sp³-hybridized carbons (Fsp3) is 0.345. The molecule has 10 nitrogen and oxygen atoms in total. The van der Waals surface area contributed by atoms with Crippen molar-refractivity contribution in [1.29, 1.82) is 0 Å². The molecule has 12 heteroatoms. The maximum atomic E-state index is 12.8. The Morgan fingerprint density at radius 2 is 1.80 bits per heavy atom. The average Bonchev–Trinajstić information content (AvgIpc) is 3.22. The quantitative estimate of drug-likeness (QED) is 0.262. The van der Waals surface area contributed by atoms with Gasteiger partial charge in [0.25, 0.3) is 0 Å². The van der Waals surface area contributed by atoms with Crippen LogP contribution < -0.4 is 4.74 Å². The highest BCUT2D eigenvalue weighted by atomic mass is 19.3. The van der Waals surface area contributed by atoms with Gasteiger partial charge in [-0.1, -0.05) is 26.0 Å². The summed E-state index contributed by atoms with van der Waals surface area (Å²) in [6, 6.07) is 9.53. The van der Waals surface area contributed by atoms with Crippen molar-refractivity contribution in [3.05, 3.63) is 47.9 Å². The number of aromatic nitrogens is 9. The number of pyridine rings is 1. The van der Waals surface area contributed by atoms with Crippen LogP contribution >= 0.6 is 0 Å². The third-order valence-corrected chi connectivity index (χ3v) is 7.59. The minimum Gasteiger partial charge on any atom is -0.417 e. The number of ether oxygens (including phenoxy) is 1. The maximum Gasteiger partial charge on any atom is 0.388 e. The van der Waals surface area contributed by atoms with Crippen molar-refractivity contribution in [2.75, 3.05) is 0 Å². The average molecular weight is 558 g/mol. The van der Waals surface area contributed by atoms with Crippen LogP contribution in [0.1, 0.15) is 49.9 Å². The Morgan fingerprint density at radius 3 is 2.54 bits per heavy atom. The molecule has 0 radical (unpaired) electrons. The van der Waals surface area contributed by atoms with Crippen LogP contribution in [0.4, 0.5) is 8.78 Å². The maximum absolute atomic E-state index is 12.8. The second kappa shape index (κ2) is 9.22. The highest BCUT2D eigenvalue weighted by Gasteiger charge is 2.33. The molecule has 1 N–H and O–H groups in total. The van der Waals surface area contributed by atoms with E-state index in [9.17, 15) is 8.78 Å². The van der Waals surface area contributed by atoms with Crippen molar-refractivity contribution in [2.45, 2.75) is 45.1 Å². The summed E-state index contributed by atoms with van der Waals surface area (Å²) < 4.78 is 35.5. The third kappa shape index (κ3) is 4.25. The van der Waals surface area contributed by atoms with E-state index in [1.165, 1.54) is 16.4 Å². The van der Waals surface area contributed by atoms with Crippen LogP contribution in [0.15, 0.2) is 36.5 Å². The molecular weight excluding hydrogens is 528 g/mol. The van der Waals surface area contributed by atoms with Crippen LogP contribution in [-0.2, 0) is 21.1 Å². The fourth-order valence-electron chi connectivity index (χ4n) is 5.59. The van der Waals surface area contributed by atoms with Crippen molar-refractivity contribution in [1.82, 2.24) is 44.1 Å². The van der Waals surface area contributed by atoms with E-state index in [2.05, 4.69) is 51.4 Å². The number of hydrogen-bond acceptors (Lipinski definition) is 6. The zero-order chi connectivity index (χ0) is 28.6. The number of alkyl halides is 2. The van der Waals surface area contributed by atoms with Crippen molar-refractivity contribution in [2.24, 2.45) is 21.1 Å². The van der Waals surface area contributed by atoms with Gasteiger partial charge in [0.05, 0.1) is 22.4 Å². The summed E-state index contributed by atoms with van der Waals surface area (Å²) in [5.74, 6) is 1.86. The largest absolute Gasteiger partial charge is 0.417 e. The lowest BCUT2D eigenvalue weighted by Crippen LogP contribution is -2.05. The molecule has 41 heavy (non-hydrogen) atoms. The smallest absolute Gasteiger partial charge is 0.388 e. The molecule has 1 aliphatic rings. The van der Waals surface area contributed by atoms with E-state index in [-0.39, 0.29) is 11.8 Å². The van der Waals surface area contributed by atoms with Crippen LogP contribution in [0.2, 0.25) is 0 Å². The van der Waals surface area contributed by atoms with E-state index in [1.54, 1.807) is 11.7 Å². The first-order chi connectivity index (χ1) is 19.7. The lowest BCUT2D eigenvalue weighted by molar-refractivity contribution is -0.0553. The number of hydrogen-bond donors (Lipinski definition) is 1. The molecule has 6 aromatic rings. The molecule has 7 rings (SSSR count). The zero-order valence-corrected chi connectivity index (χ0v) is 23.4. The van der Waals surface area contributed by atoms with Gasteiger partial charge in [-0.3, -0.25) is 4.68 Å². The molecule has 5 heterocycles. The molecule has 0 saturated heterocycles. The third-order valence-electron chi connectivity index (χ3n) is 7.59. The Bertz CT molecular complexity index is 1940. The summed E-state index contributed by atoms with van der Waals surface area (Å²) in [7, 11) is 5.53. The van der Waals surface area contributed by atoms with Gasteiger partial charge in [0.1, 0.15) is 11.5 Å². The molecule has 210 valence electrons. The highest BCUT2D eigenvalue weighted by molar-refractivity contribution is 5.94. The molecule has 0 aliphatic heterocycles. The van der Waals surface area contributed by atoms with Gasteiger partial charge in [-0.15, -0.1) is 0 Å². The van der Waals surface area contributed by atoms with Gasteiger partial charge in [0.2, 0.25) is 5.88 Å². The number of imidazole rings is 2. The number of nitrogens with one attached hydrogen (secondary N) is 1. The molecule has 0 spiro atoms. The molecule has 0 amide bonds. The van der Waals surface area contributed by atoms with E-state index < -0.39 is 6.61 Å². The number of benzene rings is 1. The Kier molecular flexibility index (Phi) is 5.70. The summed E-state index contributed by atoms with van der Waals surface area (Å²) in [4.78, 5) is 18.4. The second-order valence-corrected chi connectivity index (χ2v) is 11.0. The van der Waals surface area contributed by atoms with Gasteiger partial charge in [-0.2, -0.15) is 19.0 Å². The SMILES string of the molecule is CC(C)c1nc2nn(C)cc2cc1-c1nc(-c2cccc3[nH]c(-c4cc(OC(F)F)n(C)n4)nc23)c(C2CC2)n1C. The molecule has 0 bridgehead atoms. The Morgan fingerprint density at radius 1 is 1.00 bits per heavy atom. The minimum atomic E-state index is -2.94. The van der Waals surface area contributed by atoms with Crippen LogP contribution in [0, 0.1) is 0 Å². The molecular formula is C29H29F2N9O. The minimum absolute atomic E-state index is 0.0405. The van der Waals surface area contributed by atoms with Crippen molar-refractivity contribution >= 4 is 22.1 Å². The topological polar surface area (TPSA) is 104 Å². The van der Waals surface area contributed by atoms with Gasteiger partial charge in [-0.25, -0.2) is 19.6 Å². The van der Waals surface area contributed by atoms with Gasteiger partial charge in [0, 0.05) is 61.5 Å². The molecule has 1 aliphatic carbocycles. The normalized spacial score (nSPS) is 13.9. The van der Waals surface area contributed by atoms with Crippen LogP contribution in [0.25, 0.3) is 56.2 Å². The molecule has 1 saturated carbocycles. The predicted octanol–water partition coefficient (Wildman–Crippen LogP) is 5.91. The van der Waals surface area contributed by atoms with Crippen molar-refractivity contribution in [3.63, 3.8) is 0 Å². The monoisotopic (exact) mass is 557 g/mol. The summed E-state index contributed by atoms with van der Waals surface area (Å²) in [5.41, 5.74) is 7.57. The first-order valence-electron chi connectivity index (χ1n) is 13.6. The molecule has 1 aromatic carbocycles. The first kappa shape index (κ1) is 25.4. The number of aromatic amines is 1. The first-order valence-corrected chi connectivity index (χ1v) is 13.6. The summed E-state index contributed by atoms with van der Waals surface area (Å²) in [6.07, 6.45) is 4.18. The summed E-state index contributed by atoms with van der Waals surface area (Å²) >= 11 is 0. The summed E-state index contributed by atoms with van der Waals surface area (Å²) in [5, 5.41) is 9.82. The number of aryl methyl sites for hydroxylation is 2. The van der Waals surface area contributed by atoms with E-state index in [0.717, 1.165) is 63.2 Å². The fourth-order valence-corrected chi connectivity index (χ4v) is 5.59. The van der Waals surface area contributed by atoms with Gasteiger partial charge < -0.3 is 14.3 Å². The Labute approximate surface area is 234 Å². The molecule has 0 unspecified atom stereocenters. The predicted molar refractivity (Wildman–Crippen MR) is 151 cm³/mol. The van der Waals surface area contributed by atoms with Gasteiger partial charge in [0.15, 0.2) is 11.5 Å². The Balaban J connectivity index is 1.39. The number of nitrogens with zero attached hydrogens (tertiary/aromatic N) is 8. The zero-order valence-electron chi connectivity index (χ0n) is 23.4. The standard InChI is InChI=1S/C29H29F2N9O/c1-14(2)22-18(11-16-13-38(3)37-26(16)33-22)28-35-24(25(39(28)4)15-9-10-15)17-7-6-8-19-23(17)34-27(32-19)20-12-21(40(5)36-20)41-29(30)31/h6-8,11-15,29H,9-10H2,1-5H3,(H,32,34). The Hall–Kier alpha value is -4.61. The summed E-state index contributed by atoms with van der Waals surface area (Å²) in [6.45, 7) is 1.33. The highest BCUT2D eigenvalue weighted by Crippen LogP contribution is 2.47. The lowest BCUT2D eigenvalue weighted by Gasteiger charge is -2.12. The number of rotatable bonds is 7. The van der Waals surface area contributed by atoms with Crippen molar-refractivity contribution < 1.29 is 13.5 Å². The van der Waals surface area contributed by atoms with E-state index in [1.807, 2.05) is 31.4 Å². The van der Waals surface area contributed by atoms with Gasteiger partial charge >= 0.3 is 6.61 Å². The number of halogens is 2. The van der Waals surface area contributed by atoms with E-state index >= 15 is 0 Å². The molecule has 0 atom stereocenters. The number of para-hydroxylation sites is 1. The van der Waals surface area contributed by atoms with Crippen LogP contribution in [-0.4, -0.2) is 50.7 Å². The van der Waals surface area contributed by atoms with Crippen LogP contribution in [0.5, 0.6) is 5.88 Å². The van der Waals surface area contributed by atoms with Crippen LogP contribution in [0.3, 0.4) is 0 Å². The van der Waals surface area contributed by atoms with E-state index in [0.29, 0.717) is 17.4 Å². The van der Waals surface area contributed by atoms with E-state index in [4.69, 9.17) is 15.0 Å². The molecule has 1 fully saturated rings.